The minimum absolute atomic E-state index is 0.0166. The first-order chi connectivity index (χ1) is 31.5. The minimum Gasteiger partial charge on any atom is -0.394 e. The number of alkyl halides is 6. The second-order valence-corrected chi connectivity index (χ2v) is 17.1. The van der Waals surface area contributed by atoms with E-state index in [1.165, 1.54) is 47.9 Å². The van der Waals surface area contributed by atoms with Crippen LogP contribution in [0.1, 0.15) is 48.2 Å². The lowest BCUT2D eigenvalue weighted by Crippen LogP contribution is -2.49. The van der Waals surface area contributed by atoms with E-state index in [9.17, 15) is 64.5 Å². The van der Waals surface area contributed by atoms with Crippen molar-refractivity contribution in [2.75, 3.05) is 45.8 Å². The number of aromatic nitrogens is 2. The molecule has 6 amide bonds. The van der Waals surface area contributed by atoms with Gasteiger partial charge in [0.05, 0.1) is 47.0 Å². The summed E-state index contributed by atoms with van der Waals surface area (Å²) in [6, 6.07) is 6.28. The third-order valence-corrected chi connectivity index (χ3v) is 11.6. The zero-order valence-electron chi connectivity index (χ0n) is 35.3. The highest BCUT2D eigenvalue weighted by Gasteiger charge is 2.49. The van der Waals surface area contributed by atoms with E-state index in [4.69, 9.17) is 23.2 Å². The Balaban J connectivity index is 0.000000201. The molecule has 2 aliphatic carbocycles. The quantitative estimate of drug-likeness (QED) is 0.129. The molecule has 14 nitrogen and oxygen atoms in total. The first-order valence-electron chi connectivity index (χ1n) is 20.6. The van der Waals surface area contributed by atoms with Gasteiger partial charge < -0.3 is 30.2 Å². The number of aliphatic hydroxyl groups is 2. The molecule has 2 saturated carbocycles. The van der Waals surface area contributed by atoms with E-state index in [1.807, 2.05) is 0 Å². The minimum atomic E-state index is -4.72. The van der Waals surface area contributed by atoms with Crippen molar-refractivity contribution >= 4 is 70.1 Å². The van der Waals surface area contributed by atoms with Crippen LogP contribution in [0.25, 0.3) is 0 Å². The molecule has 0 radical (unpaired) electrons. The molecule has 24 heteroatoms. The third kappa shape index (κ3) is 10.8. The molecular formula is C43H40Cl2F8N8O6. The molecule has 2 aromatic heterocycles. The van der Waals surface area contributed by atoms with Gasteiger partial charge in [-0.1, -0.05) is 23.2 Å². The molecule has 0 bridgehead atoms. The SMILES string of the molecule is Cc1cc(C(F)(F)F)cc(N2C(=O)N(CC(O)CO)C[C@H]2C(=O)N(c2ccc(F)c(Cl)c2)C2CC2)n1.Cc1cc(C(F)(F)F)cc(N2C(=O)NC[C@H]2C(=O)N(c2ccc(F)c(Cl)c2)C2CC2)n1. The number of nitrogens with zero attached hydrogens (tertiary/aromatic N) is 7. The summed E-state index contributed by atoms with van der Waals surface area (Å²) in [7, 11) is 0. The highest BCUT2D eigenvalue weighted by atomic mass is 35.5. The zero-order chi connectivity index (χ0) is 48.9. The van der Waals surface area contributed by atoms with Crippen molar-refractivity contribution in [3.05, 3.63) is 105 Å². The van der Waals surface area contributed by atoms with E-state index >= 15 is 0 Å². The molecule has 8 rings (SSSR count). The van der Waals surface area contributed by atoms with E-state index in [-0.39, 0.29) is 70.5 Å². The Hall–Kier alpha value is -5.84. The second kappa shape index (κ2) is 19.0. The molecule has 2 aliphatic heterocycles. The number of hydrogen-bond acceptors (Lipinski definition) is 8. The summed E-state index contributed by atoms with van der Waals surface area (Å²) in [5.41, 5.74) is -1.33. The van der Waals surface area contributed by atoms with Crippen molar-refractivity contribution in [3.8, 4) is 0 Å². The molecule has 2 aromatic carbocycles. The smallest absolute Gasteiger partial charge is 0.394 e. The molecule has 2 saturated heterocycles. The van der Waals surface area contributed by atoms with Crippen molar-refractivity contribution < 1.29 is 64.5 Å². The largest absolute Gasteiger partial charge is 0.416 e. The number of amides is 6. The number of aryl methyl sites for hydroxylation is 2. The highest BCUT2D eigenvalue weighted by Crippen LogP contribution is 2.39. The van der Waals surface area contributed by atoms with Gasteiger partial charge in [-0.05, 0) is 100 Å². The van der Waals surface area contributed by atoms with Crippen LogP contribution in [0.4, 0.5) is 67.7 Å². The second-order valence-electron chi connectivity index (χ2n) is 16.3. The average Bonchev–Trinajstić information content (AvgIpc) is 4.20. The molecule has 4 heterocycles. The fraction of sp³-hybridized carbons (Fsp3) is 0.395. The van der Waals surface area contributed by atoms with Gasteiger partial charge in [-0.25, -0.2) is 28.3 Å². The lowest BCUT2D eigenvalue weighted by Gasteiger charge is -2.29. The van der Waals surface area contributed by atoms with Gasteiger partial charge in [0.1, 0.15) is 35.4 Å². The topological polar surface area (TPSA) is 163 Å². The Morgan fingerprint density at radius 1 is 0.746 bits per heavy atom. The lowest BCUT2D eigenvalue weighted by atomic mass is 10.1. The maximum atomic E-state index is 13.8. The van der Waals surface area contributed by atoms with Crippen molar-refractivity contribution in [2.24, 2.45) is 0 Å². The van der Waals surface area contributed by atoms with Gasteiger partial charge >= 0.3 is 24.4 Å². The molecule has 4 fully saturated rings. The number of nitrogens with one attached hydrogen (secondary N) is 1. The molecule has 3 N–H and O–H groups in total. The Labute approximate surface area is 386 Å². The van der Waals surface area contributed by atoms with Crippen molar-refractivity contribution in [3.63, 3.8) is 0 Å². The Bertz CT molecular complexity index is 2580. The maximum absolute atomic E-state index is 13.8. The Morgan fingerprint density at radius 3 is 1.61 bits per heavy atom. The number of benzene rings is 2. The normalized spacial score (nSPS) is 19.0. The number of aliphatic hydroxyl groups excluding tert-OH is 2. The summed E-state index contributed by atoms with van der Waals surface area (Å²) < 4.78 is 108. The standard InChI is InChI=1S/C23H23ClF4N4O4.C20H17ClF4N4O2/c1-12-6-13(23(26,27)28)7-20(29-12)32-19(10-30(22(32)36)9-16(34)11-33)21(35)31(14-2-3-14)15-4-5-18(25)17(24)8-15;1-10-6-11(20(23,24)25)7-17(27-10)29-16(9-26-19(29)31)18(30)28(12-2-3-12)13-4-5-15(22)14(21)8-13/h4-8,14,16,19,33-34H,2-3,9-11H2,1H3;4-8,12,16H,2-3,9H2,1H3,(H,26,31)/t16?,19-;16-/m00/s1. The molecular weight excluding hydrogens is 947 g/mol. The third-order valence-electron chi connectivity index (χ3n) is 11.1. The van der Waals surface area contributed by atoms with E-state index in [0.29, 0.717) is 37.4 Å². The molecule has 358 valence electrons. The van der Waals surface area contributed by atoms with Crippen LogP contribution in [-0.4, -0.2) is 105 Å². The predicted octanol–water partition coefficient (Wildman–Crippen LogP) is 7.66. The fourth-order valence-electron chi connectivity index (χ4n) is 7.70. The van der Waals surface area contributed by atoms with E-state index in [0.717, 1.165) is 45.0 Å². The Morgan fingerprint density at radius 2 is 1.19 bits per heavy atom. The summed E-state index contributed by atoms with van der Waals surface area (Å²) in [6.45, 7) is 1.32. The van der Waals surface area contributed by atoms with Crippen molar-refractivity contribution in [1.82, 2.24) is 20.2 Å². The average molecular weight is 988 g/mol. The highest BCUT2D eigenvalue weighted by molar-refractivity contribution is 6.31. The van der Waals surface area contributed by atoms with Crippen molar-refractivity contribution in [2.45, 2.75) is 82.2 Å². The van der Waals surface area contributed by atoms with E-state index < -0.39 is 83.8 Å². The van der Waals surface area contributed by atoms with Crippen LogP contribution in [-0.2, 0) is 21.9 Å². The van der Waals surface area contributed by atoms with Crippen LogP contribution in [0.5, 0.6) is 0 Å². The summed E-state index contributed by atoms with van der Waals surface area (Å²) >= 11 is 11.8. The first-order valence-corrected chi connectivity index (χ1v) is 21.3. The molecule has 4 aliphatic rings. The van der Waals surface area contributed by atoms with Crippen LogP contribution >= 0.6 is 23.2 Å². The summed E-state index contributed by atoms with van der Waals surface area (Å²) in [5, 5.41) is 21.2. The molecule has 67 heavy (non-hydrogen) atoms. The van der Waals surface area contributed by atoms with Crippen LogP contribution in [0, 0.1) is 25.5 Å². The van der Waals surface area contributed by atoms with Gasteiger partial charge in [-0.3, -0.25) is 19.4 Å². The monoisotopic (exact) mass is 986 g/mol. The van der Waals surface area contributed by atoms with Crippen LogP contribution < -0.4 is 24.9 Å². The van der Waals surface area contributed by atoms with Crippen LogP contribution in [0.3, 0.4) is 0 Å². The number of anilines is 4. The van der Waals surface area contributed by atoms with Gasteiger partial charge in [0.2, 0.25) is 0 Å². The maximum Gasteiger partial charge on any atom is 0.416 e. The van der Waals surface area contributed by atoms with Crippen LogP contribution in [0.15, 0.2) is 60.7 Å². The number of urea groups is 2. The number of carbonyl (C=O) groups is 4. The van der Waals surface area contributed by atoms with E-state index in [2.05, 4.69) is 15.3 Å². The first kappa shape index (κ1) is 49.1. The van der Waals surface area contributed by atoms with Crippen molar-refractivity contribution in [1.29, 1.82) is 0 Å². The van der Waals surface area contributed by atoms with Crippen LogP contribution in [0.2, 0.25) is 10.0 Å². The number of halogens is 10. The predicted molar refractivity (Wildman–Crippen MR) is 228 cm³/mol. The molecule has 1 unspecified atom stereocenters. The Kier molecular flexibility index (Phi) is 13.9. The van der Waals surface area contributed by atoms with Gasteiger partial charge in [-0.2, -0.15) is 26.3 Å². The molecule has 0 spiro atoms. The summed E-state index contributed by atoms with van der Waals surface area (Å²) in [5.74, 6) is -3.11. The number of pyridine rings is 2. The summed E-state index contributed by atoms with van der Waals surface area (Å²) in [6.07, 6.45) is -8.00. The lowest BCUT2D eigenvalue weighted by molar-refractivity contribution is -0.138. The zero-order valence-corrected chi connectivity index (χ0v) is 36.8. The summed E-state index contributed by atoms with van der Waals surface area (Å²) in [4.78, 5) is 66.8. The number of β-amino-alcohol motifs (C(OH)–C–C–N with tert-alkyl or cyclic N) is 1. The molecule has 4 aromatic rings. The van der Waals surface area contributed by atoms with Gasteiger partial charge in [0.25, 0.3) is 11.8 Å². The number of carbonyl (C=O) groups excluding carboxylic acids is 4. The number of rotatable bonds is 11. The number of hydrogen-bond donors (Lipinski definition) is 3. The molecule has 3 atom stereocenters. The van der Waals surface area contributed by atoms with Gasteiger partial charge in [0, 0.05) is 41.4 Å². The van der Waals surface area contributed by atoms with E-state index in [1.54, 1.807) is 0 Å². The fourth-order valence-corrected chi connectivity index (χ4v) is 8.05. The van der Waals surface area contributed by atoms with Gasteiger partial charge in [0.15, 0.2) is 0 Å². The van der Waals surface area contributed by atoms with Gasteiger partial charge in [-0.15, -0.1) is 0 Å².